The number of likely N-dealkylation sites (N-methyl/N-ethyl adjacent to an activating group) is 1. The predicted molar refractivity (Wildman–Crippen MR) is 70.9 cm³/mol. The number of rotatable bonds is 4. The Labute approximate surface area is 103 Å². The second kappa shape index (κ2) is 6.25. The third-order valence-corrected chi connectivity index (χ3v) is 2.92. The van der Waals surface area contributed by atoms with Crippen LogP contribution in [0, 0.1) is 0 Å². The van der Waals surface area contributed by atoms with Crippen molar-refractivity contribution in [2.75, 3.05) is 45.1 Å². The molecule has 4 heteroatoms. The fourth-order valence-corrected chi connectivity index (χ4v) is 1.80. The van der Waals surface area contributed by atoms with Crippen LogP contribution in [0.5, 0.6) is 0 Å². The second-order valence-corrected chi connectivity index (χ2v) is 4.32. The highest BCUT2D eigenvalue weighted by Gasteiger charge is 2.09. The van der Waals surface area contributed by atoms with Crippen molar-refractivity contribution in [3.63, 3.8) is 0 Å². The fourth-order valence-electron chi connectivity index (χ4n) is 1.80. The minimum absolute atomic E-state index is 0.823. The Balaban J connectivity index is 1.68. The lowest BCUT2D eigenvalue weighted by atomic mass is 10.3. The molecule has 0 amide bonds. The molecule has 17 heavy (non-hydrogen) atoms. The summed E-state index contributed by atoms with van der Waals surface area (Å²) in [7, 11) is 2.17. The third-order valence-electron chi connectivity index (χ3n) is 2.92. The molecule has 92 valence electrons. The van der Waals surface area contributed by atoms with Crippen LogP contribution in [0.4, 0.5) is 5.82 Å². The summed E-state index contributed by atoms with van der Waals surface area (Å²) < 4.78 is 0. The van der Waals surface area contributed by atoms with Gasteiger partial charge < -0.3 is 15.1 Å². The summed E-state index contributed by atoms with van der Waals surface area (Å²) >= 11 is 0. The molecule has 2 rings (SSSR count). The van der Waals surface area contributed by atoms with Gasteiger partial charge in [0, 0.05) is 38.9 Å². The molecular weight excluding hydrogens is 212 g/mol. The molecule has 1 aromatic rings. The van der Waals surface area contributed by atoms with Crippen molar-refractivity contribution in [3.8, 4) is 0 Å². The standard InChI is InChI=1S/C13H20N4/c1-16-9-11-17(12-10-16)8-4-7-15-13-5-2-3-6-14-13/h2-6,8H,7,9-12H2,1H3,(H,14,15)/b8-4+. The molecule has 0 unspecified atom stereocenters. The Morgan fingerprint density at radius 1 is 1.29 bits per heavy atom. The first-order chi connectivity index (χ1) is 8.34. The summed E-state index contributed by atoms with van der Waals surface area (Å²) in [5.74, 6) is 0.926. The molecule has 1 aliphatic rings. The first-order valence-corrected chi connectivity index (χ1v) is 6.09. The fraction of sp³-hybridized carbons (Fsp3) is 0.462. The molecule has 0 bridgehead atoms. The lowest BCUT2D eigenvalue weighted by Crippen LogP contribution is -2.41. The van der Waals surface area contributed by atoms with Crippen molar-refractivity contribution in [1.82, 2.24) is 14.8 Å². The molecule has 0 spiro atoms. The zero-order valence-corrected chi connectivity index (χ0v) is 10.3. The summed E-state index contributed by atoms with van der Waals surface area (Å²) in [6.07, 6.45) is 6.13. The first-order valence-electron chi connectivity index (χ1n) is 6.09. The Morgan fingerprint density at radius 2 is 2.12 bits per heavy atom. The highest BCUT2D eigenvalue weighted by atomic mass is 15.2. The Morgan fingerprint density at radius 3 is 2.82 bits per heavy atom. The summed E-state index contributed by atoms with van der Waals surface area (Å²) in [6, 6.07) is 5.88. The largest absolute Gasteiger partial charge is 0.375 e. The molecule has 1 aliphatic heterocycles. The first kappa shape index (κ1) is 11.9. The van der Waals surface area contributed by atoms with Crippen LogP contribution in [-0.2, 0) is 0 Å². The Kier molecular flexibility index (Phi) is 4.38. The molecule has 0 aliphatic carbocycles. The van der Waals surface area contributed by atoms with Crippen molar-refractivity contribution in [2.45, 2.75) is 0 Å². The number of nitrogens with one attached hydrogen (secondary N) is 1. The number of hydrogen-bond donors (Lipinski definition) is 1. The molecule has 1 fully saturated rings. The maximum absolute atomic E-state index is 4.21. The summed E-state index contributed by atoms with van der Waals surface area (Å²) in [5.41, 5.74) is 0. The van der Waals surface area contributed by atoms with Gasteiger partial charge in [0.1, 0.15) is 5.82 Å². The molecule has 0 aromatic carbocycles. The Hall–Kier alpha value is -1.55. The average molecular weight is 232 g/mol. The zero-order valence-electron chi connectivity index (χ0n) is 10.3. The number of hydrogen-bond acceptors (Lipinski definition) is 4. The molecule has 0 atom stereocenters. The van der Waals surface area contributed by atoms with Crippen LogP contribution in [0.15, 0.2) is 36.7 Å². The van der Waals surface area contributed by atoms with E-state index in [0.29, 0.717) is 0 Å². The lowest BCUT2D eigenvalue weighted by Gasteiger charge is -2.31. The summed E-state index contributed by atoms with van der Waals surface area (Å²) in [6.45, 7) is 5.37. The molecule has 0 saturated carbocycles. The lowest BCUT2D eigenvalue weighted by molar-refractivity contribution is 0.198. The SMILES string of the molecule is CN1CCN(/C=C/CNc2ccccn2)CC1. The monoisotopic (exact) mass is 232 g/mol. The van der Waals surface area contributed by atoms with E-state index in [2.05, 4.69) is 39.4 Å². The molecule has 2 heterocycles. The van der Waals surface area contributed by atoms with Crippen molar-refractivity contribution >= 4 is 5.82 Å². The van der Waals surface area contributed by atoms with E-state index >= 15 is 0 Å². The van der Waals surface area contributed by atoms with Crippen molar-refractivity contribution < 1.29 is 0 Å². The number of anilines is 1. The maximum atomic E-state index is 4.21. The van der Waals surface area contributed by atoms with Crippen LogP contribution in [0.1, 0.15) is 0 Å². The van der Waals surface area contributed by atoms with Gasteiger partial charge in [-0.05, 0) is 31.5 Å². The van der Waals surface area contributed by atoms with Crippen LogP contribution in [0.3, 0.4) is 0 Å². The van der Waals surface area contributed by atoms with E-state index in [9.17, 15) is 0 Å². The van der Waals surface area contributed by atoms with E-state index in [4.69, 9.17) is 0 Å². The Bertz CT molecular complexity index is 342. The van der Waals surface area contributed by atoms with Gasteiger partial charge in [-0.1, -0.05) is 6.07 Å². The normalized spacial score (nSPS) is 17.6. The highest BCUT2D eigenvalue weighted by Crippen LogP contribution is 2.01. The van der Waals surface area contributed by atoms with Crippen molar-refractivity contribution in [2.24, 2.45) is 0 Å². The van der Waals surface area contributed by atoms with Gasteiger partial charge >= 0.3 is 0 Å². The van der Waals surface area contributed by atoms with E-state index in [1.807, 2.05) is 18.2 Å². The van der Waals surface area contributed by atoms with Gasteiger partial charge in [0.2, 0.25) is 0 Å². The van der Waals surface area contributed by atoms with Gasteiger partial charge in [-0.3, -0.25) is 0 Å². The molecule has 1 N–H and O–H groups in total. The van der Waals surface area contributed by atoms with E-state index < -0.39 is 0 Å². The highest BCUT2D eigenvalue weighted by molar-refractivity contribution is 5.33. The van der Waals surface area contributed by atoms with Crippen molar-refractivity contribution in [3.05, 3.63) is 36.7 Å². The smallest absolute Gasteiger partial charge is 0.126 e. The number of aromatic nitrogens is 1. The predicted octanol–water partition coefficient (Wildman–Crippen LogP) is 1.25. The number of pyridine rings is 1. The van der Waals surface area contributed by atoms with Crippen molar-refractivity contribution in [1.29, 1.82) is 0 Å². The van der Waals surface area contributed by atoms with E-state index in [0.717, 1.165) is 38.5 Å². The van der Waals surface area contributed by atoms with Gasteiger partial charge in [0.25, 0.3) is 0 Å². The van der Waals surface area contributed by atoms with E-state index in [-0.39, 0.29) is 0 Å². The quantitative estimate of drug-likeness (QED) is 0.846. The molecule has 4 nitrogen and oxygen atoms in total. The summed E-state index contributed by atoms with van der Waals surface area (Å²) in [4.78, 5) is 8.93. The second-order valence-electron chi connectivity index (χ2n) is 4.32. The van der Waals surface area contributed by atoms with E-state index in [1.165, 1.54) is 0 Å². The van der Waals surface area contributed by atoms with Crippen LogP contribution in [-0.4, -0.2) is 54.6 Å². The molecular formula is C13H20N4. The zero-order chi connectivity index (χ0) is 11.9. The number of piperazine rings is 1. The van der Waals surface area contributed by atoms with Crippen LogP contribution in [0.2, 0.25) is 0 Å². The molecule has 1 aromatic heterocycles. The van der Waals surface area contributed by atoms with Crippen LogP contribution < -0.4 is 5.32 Å². The number of nitrogens with zero attached hydrogens (tertiary/aromatic N) is 3. The minimum Gasteiger partial charge on any atom is -0.375 e. The van der Waals surface area contributed by atoms with E-state index in [1.54, 1.807) is 6.20 Å². The average Bonchev–Trinajstić information content (AvgIpc) is 2.38. The summed E-state index contributed by atoms with van der Waals surface area (Å²) in [5, 5.41) is 3.26. The molecule has 1 saturated heterocycles. The van der Waals surface area contributed by atoms with Gasteiger partial charge in [-0.15, -0.1) is 0 Å². The van der Waals surface area contributed by atoms with Crippen LogP contribution >= 0.6 is 0 Å². The topological polar surface area (TPSA) is 31.4 Å². The van der Waals surface area contributed by atoms with Gasteiger partial charge in [-0.2, -0.15) is 0 Å². The third kappa shape index (κ3) is 4.07. The van der Waals surface area contributed by atoms with Gasteiger partial charge in [-0.25, -0.2) is 4.98 Å². The minimum atomic E-state index is 0.823. The van der Waals surface area contributed by atoms with Gasteiger partial charge in [0.05, 0.1) is 0 Å². The van der Waals surface area contributed by atoms with Gasteiger partial charge in [0.15, 0.2) is 0 Å². The molecule has 0 radical (unpaired) electrons. The maximum Gasteiger partial charge on any atom is 0.126 e. The van der Waals surface area contributed by atoms with Crippen LogP contribution in [0.25, 0.3) is 0 Å².